The van der Waals surface area contributed by atoms with Crippen LogP contribution in [0.3, 0.4) is 0 Å². The topological polar surface area (TPSA) is 97.7 Å². The fourth-order valence-electron chi connectivity index (χ4n) is 2.67. The second kappa shape index (κ2) is 8.20. The van der Waals surface area contributed by atoms with Crippen LogP contribution in [-0.4, -0.2) is 35.5 Å². The van der Waals surface area contributed by atoms with Crippen molar-refractivity contribution >= 4 is 23.3 Å². The zero-order chi connectivity index (χ0) is 19.3. The fraction of sp³-hybridized carbons (Fsp3) is 0.200. The standard InChI is InChI=1S/C20H18O6/c1-12(21)19-15(16(22)11-17(23)20(24)25)9-14(10-18(19)26-2)8-13-6-4-3-5-7-13/h3-7,9-10H,8,11H2,1-2H3,(H,24,25). The molecule has 2 aromatic carbocycles. The highest BCUT2D eigenvalue weighted by molar-refractivity contribution is 6.37. The molecule has 0 spiro atoms. The molecule has 0 aliphatic carbocycles. The zero-order valence-electron chi connectivity index (χ0n) is 14.4. The molecule has 134 valence electrons. The Morgan fingerprint density at radius 3 is 2.19 bits per heavy atom. The summed E-state index contributed by atoms with van der Waals surface area (Å²) in [5.41, 5.74) is 1.75. The molecule has 26 heavy (non-hydrogen) atoms. The van der Waals surface area contributed by atoms with Crippen LogP contribution in [-0.2, 0) is 16.0 Å². The van der Waals surface area contributed by atoms with Gasteiger partial charge in [-0.2, -0.15) is 0 Å². The van der Waals surface area contributed by atoms with E-state index in [9.17, 15) is 19.2 Å². The number of carboxylic acid groups (broad SMARTS) is 1. The third kappa shape index (κ3) is 4.42. The third-order valence-corrected chi connectivity index (χ3v) is 3.85. The number of hydrogen-bond donors (Lipinski definition) is 1. The molecule has 0 amide bonds. The van der Waals surface area contributed by atoms with Crippen molar-refractivity contribution in [3.8, 4) is 5.75 Å². The molecular weight excluding hydrogens is 336 g/mol. The van der Waals surface area contributed by atoms with E-state index in [-0.39, 0.29) is 16.9 Å². The van der Waals surface area contributed by atoms with Crippen molar-refractivity contribution in [2.75, 3.05) is 7.11 Å². The molecule has 0 aliphatic rings. The van der Waals surface area contributed by atoms with E-state index in [0.717, 1.165) is 5.56 Å². The third-order valence-electron chi connectivity index (χ3n) is 3.85. The lowest BCUT2D eigenvalue weighted by Gasteiger charge is -2.14. The van der Waals surface area contributed by atoms with Gasteiger partial charge in [0.25, 0.3) is 0 Å². The summed E-state index contributed by atoms with van der Waals surface area (Å²) >= 11 is 0. The minimum Gasteiger partial charge on any atom is -0.496 e. The van der Waals surface area contributed by atoms with Gasteiger partial charge in [0.15, 0.2) is 11.6 Å². The van der Waals surface area contributed by atoms with E-state index in [4.69, 9.17) is 9.84 Å². The Hall–Kier alpha value is -3.28. The second-order valence-electron chi connectivity index (χ2n) is 5.77. The summed E-state index contributed by atoms with van der Waals surface area (Å²) in [4.78, 5) is 46.6. The van der Waals surface area contributed by atoms with E-state index in [2.05, 4.69) is 0 Å². The molecule has 0 atom stereocenters. The first kappa shape index (κ1) is 19.1. The number of Topliss-reactive ketones (excluding diaryl/α,β-unsaturated/α-hetero) is 3. The monoisotopic (exact) mass is 354 g/mol. The van der Waals surface area contributed by atoms with Crippen LogP contribution in [0.1, 0.15) is 45.2 Å². The van der Waals surface area contributed by atoms with Crippen LogP contribution in [0.2, 0.25) is 0 Å². The second-order valence-corrected chi connectivity index (χ2v) is 5.77. The van der Waals surface area contributed by atoms with E-state index in [0.29, 0.717) is 12.0 Å². The normalized spacial score (nSPS) is 10.2. The predicted molar refractivity (Wildman–Crippen MR) is 93.8 cm³/mol. The highest BCUT2D eigenvalue weighted by Gasteiger charge is 2.24. The van der Waals surface area contributed by atoms with E-state index >= 15 is 0 Å². The van der Waals surface area contributed by atoms with Crippen molar-refractivity contribution in [1.82, 2.24) is 0 Å². The van der Waals surface area contributed by atoms with Gasteiger partial charge >= 0.3 is 5.97 Å². The summed E-state index contributed by atoms with van der Waals surface area (Å²) in [5.74, 6) is -3.82. The lowest BCUT2D eigenvalue weighted by atomic mass is 9.92. The average molecular weight is 354 g/mol. The van der Waals surface area contributed by atoms with Gasteiger partial charge in [-0.05, 0) is 36.6 Å². The Bertz CT molecular complexity index is 867. The molecular formula is C20H18O6. The van der Waals surface area contributed by atoms with Gasteiger partial charge in [-0.15, -0.1) is 0 Å². The summed E-state index contributed by atoms with van der Waals surface area (Å²) in [6, 6.07) is 12.7. The molecule has 1 N–H and O–H groups in total. The van der Waals surface area contributed by atoms with E-state index < -0.39 is 29.7 Å². The highest BCUT2D eigenvalue weighted by Crippen LogP contribution is 2.28. The van der Waals surface area contributed by atoms with Gasteiger partial charge in [0.1, 0.15) is 5.75 Å². The summed E-state index contributed by atoms with van der Waals surface area (Å²) < 4.78 is 5.25. The first-order chi connectivity index (χ1) is 12.3. The van der Waals surface area contributed by atoms with Crippen LogP contribution in [0.5, 0.6) is 5.75 Å². The SMILES string of the molecule is COc1cc(Cc2ccccc2)cc(C(=O)CC(=O)C(=O)O)c1C(C)=O. The van der Waals surface area contributed by atoms with Crippen LogP contribution in [0.4, 0.5) is 0 Å². The zero-order valence-corrected chi connectivity index (χ0v) is 14.4. The molecule has 2 aromatic rings. The number of hydrogen-bond acceptors (Lipinski definition) is 5. The fourth-order valence-corrected chi connectivity index (χ4v) is 2.67. The van der Waals surface area contributed by atoms with E-state index in [1.807, 2.05) is 30.3 Å². The van der Waals surface area contributed by atoms with Crippen LogP contribution in [0.15, 0.2) is 42.5 Å². The van der Waals surface area contributed by atoms with E-state index in [1.165, 1.54) is 20.1 Å². The van der Waals surface area contributed by atoms with Crippen molar-refractivity contribution in [3.63, 3.8) is 0 Å². The number of aliphatic carboxylic acids is 1. The minimum absolute atomic E-state index is 0.00242. The number of carbonyl (C=O) groups is 4. The van der Waals surface area contributed by atoms with Crippen molar-refractivity contribution < 1.29 is 29.0 Å². The molecule has 0 radical (unpaired) electrons. The predicted octanol–water partition coefficient (Wildman–Crippen LogP) is 2.72. The van der Waals surface area contributed by atoms with Gasteiger partial charge in [-0.25, -0.2) is 4.79 Å². The number of benzene rings is 2. The Morgan fingerprint density at radius 1 is 1.00 bits per heavy atom. The Balaban J connectivity index is 2.50. The molecule has 0 saturated heterocycles. The van der Waals surface area contributed by atoms with Gasteiger partial charge in [0.2, 0.25) is 5.78 Å². The number of carbonyl (C=O) groups excluding carboxylic acids is 3. The lowest BCUT2D eigenvalue weighted by molar-refractivity contribution is -0.148. The quantitative estimate of drug-likeness (QED) is 0.445. The molecule has 0 unspecified atom stereocenters. The average Bonchev–Trinajstić information content (AvgIpc) is 2.61. The number of ether oxygens (including phenoxy) is 1. The maximum Gasteiger partial charge on any atom is 0.372 e. The Labute approximate surface area is 150 Å². The largest absolute Gasteiger partial charge is 0.496 e. The van der Waals surface area contributed by atoms with Crippen LogP contribution < -0.4 is 4.74 Å². The van der Waals surface area contributed by atoms with Gasteiger partial charge in [-0.1, -0.05) is 30.3 Å². The summed E-state index contributed by atoms with van der Waals surface area (Å²) in [7, 11) is 1.38. The van der Waals surface area contributed by atoms with Crippen molar-refractivity contribution in [3.05, 3.63) is 64.7 Å². The van der Waals surface area contributed by atoms with Gasteiger partial charge < -0.3 is 9.84 Å². The molecule has 0 aromatic heterocycles. The van der Waals surface area contributed by atoms with Crippen LogP contribution in [0.25, 0.3) is 0 Å². The lowest BCUT2D eigenvalue weighted by Crippen LogP contribution is -2.19. The molecule has 0 saturated carbocycles. The van der Waals surface area contributed by atoms with Crippen LogP contribution in [0, 0.1) is 0 Å². The number of ketones is 3. The van der Waals surface area contributed by atoms with Crippen LogP contribution >= 0.6 is 0 Å². The smallest absolute Gasteiger partial charge is 0.372 e. The number of carboxylic acids is 1. The summed E-state index contributed by atoms with van der Waals surface area (Å²) in [5, 5.41) is 8.71. The Morgan fingerprint density at radius 2 is 1.65 bits per heavy atom. The molecule has 6 heteroatoms. The first-order valence-corrected chi connectivity index (χ1v) is 7.88. The summed E-state index contributed by atoms with van der Waals surface area (Å²) in [6.07, 6.45) is -0.323. The van der Waals surface area contributed by atoms with Crippen molar-refractivity contribution in [2.24, 2.45) is 0 Å². The Kier molecular flexibility index (Phi) is 6.01. The molecule has 0 bridgehead atoms. The molecule has 0 aliphatic heterocycles. The molecule has 0 fully saturated rings. The van der Waals surface area contributed by atoms with Gasteiger partial charge in [0.05, 0.1) is 19.1 Å². The van der Waals surface area contributed by atoms with Gasteiger partial charge in [-0.3, -0.25) is 14.4 Å². The van der Waals surface area contributed by atoms with Crippen molar-refractivity contribution in [1.29, 1.82) is 0 Å². The number of rotatable bonds is 8. The van der Waals surface area contributed by atoms with E-state index in [1.54, 1.807) is 6.07 Å². The molecule has 2 rings (SSSR count). The maximum atomic E-state index is 12.5. The van der Waals surface area contributed by atoms with Crippen molar-refractivity contribution in [2.45, 2.75) is 19.8 Å². The first-order valence-electron chi connectivity index (χ1n) is 7.88. The molecule has 0 heterocycles. The minimum atomic E-state index is -1.69. The molecule has 6 nitrogen and oxygen atoms in total. The van der Waals surface area contributed by atoms with Gasteiger partial charge in [0, 0.05) is 5.56 Å². The number of methoxy groups -OCH3 is 1. The highest BCUT2D eigenvalue weighted by atomic mass is 16.5. The maximum absolute atomic E-state index is 12.5. The summed E-state index contributed by atoms with van der Waals surface area (Å²) in [6.45, 7) is 1.28.